The predicted octanol–water partition coefficient (Wildman–Crippen LogP) is 4.64. The number of nitrogens with one attached hydrogen (secondary N) is 1. The van der Waals surface area contributed by atoms with Crippen molar-refractivity contribution in [3.8, 4) is 11.5 Å². The van der Waals surface area contributed by atoms with Crippen LogP contribution >= 0.6 is 11.6 Å². The van der Waals surface area contributed by atoms with Crippen molar-refractivity contribution in [2.75, 3.05) is 11.9 Å². The standard InChI is InChI=1S/C23H23ClN2O4/c24-19-7-3-4-8-20(19)30-16-11-9-15(10-12-16)25-21(27)13-14-26-22(28)17-5-1-2-6-18(17)23(26)29/h3-4,7-12,17-18H,1-2,5-6,13-14H2,(H,25,27)/t17-,18-/m0/s1. The van der Waals surface area contributed by atoms with E-state index in [1.165, 1.54) is 4.90 Å². The third-order valence-corrected chi connectivity index (χ3v) is 6.01. The number of amides is 3. The first kappa shape index (κ1) is 20.4. The Hall–Kier alpha value is -2.86. The molecule has 2 aromatic rings. The molecule has 1 N–H and O–H groups in total. The lowest BCUT2D eigenvalue weighted by atomic mass is 9.81. The van der Waals surface area contributed by atoms with Crippen molar-refractivity contribution >= 4 is 35.0 Å². The summed E-state index contributed by atoms with van der Waals surface area (Å²) in [5, 5.41) is 3.31. The third-order valence-electron chi connectivity index (χ3n) is 5.70. The number of imide groups is 1. The van der Waals surface area contributed by atoms with Crippen molar-refractivity contribution in [3.05, 3.63) is 53.6 Å². The molecule has 30 heavy (non-hydrogen) atoms. The van der Waals surface area contributed by atoms with Crippen LogP contribution in [0.15, 0.2) is 48.5 Å². The molecule has 1 aliphatic carbocycles. The van der Waals surface area contributed by atoms with Gasteiger partial charge in [0.15, 0.2) is 0 Å². The van der Waals surface area contributed by atoms with Crippen LogP contribution in [0.4, 0.5) is 5.69 Å². The Balaban J connectivity index is 1.29. The summed E-state index contributed by atoms with van der Waals surface area (Å²) < 4.78 is 5.73. The molecule has 4 rings (SSSR count). The molecule has 6 nitrogen and oxygen atoms in total. The highest BCUT2D eigenvalue weighted by Crippen LogP contribution is 2.38. The molecule has 1 saturated heterocycles. The zero-order valence-electron chi connectivity index (χ0n) is 16.5. The number of hydrogen-bond donors (Lipinski definition) is 1. The van der Waals surface area contributed by atoms with E-state index in [9.17, 15) is 14.4 Å². The second-order valence-electron chi connectivity index (χ2n) is 7.68. The number of para-hydroxylation sites is 1. The van der Waals surface area contributed by atoms with Gasteiger partial charge in [0, 0.05) is 18.7 Å². The Kier molecular flexibility index (Phi) is 6.04. The van der Waals surface area contributed by atoms with Gasteiger partial charge in [-0.25, -0.2) is 0 Å². The van der Waals surface area contributed by atoms with Gasteiger partial charge >= 0.3 is 0 Å². The van der Waals surface area contributed by atoms with Crippen LogP contribution in [0, 0.1) is 11.8 Å². The number of nitrogens with zero attached hydrogens (tertiary/aromatic N) is 1. The highest BCUT2D eigenvalue weighted by Gasteiger charge is 2.47. The van der Waals surface area contributed by atoms with Crippen LogP contribution in [-0.2, 0) is 14.4 Å². The Morgan fingerprint density at radius 1 is 1.00 bits per heavy atom. The van der Waals surface area contributed by atoms with Gasteiger partial charge in [-0.2, -0.15) is 0 Å². The van der Waals surface area contributed by atoms with Crippen LogP contribution in [0.25, 0.3) is 0 Å². The van der Waals surface area contributed by atoms with E-state index in [0.29, 0.717) is 22.2 Å². The Morgan fingerprint density at radius 3 is 2.27 bits per heavy atom. The number of rotatable bonds is 6. The predicted molar refractivity (Wildman–Crippen MR) is 113 cm³/mol. The minimum absolute atomic E-state index is 0.0782. The molecule has 156 valence electrons. The Labute approximate surface area is 180 Å². The van der Waals surface area contributed by atoms with Crippen LogP contribution in [-0.4, -0.2) is 29.2 Å². The van der Waals surface area contributed by atoms with E-state index in [4.69, 9.17) is 16.3 Å². The zero-order valence-corrected chi connectivity index (χ0v) is 17.2. The molecule has 0 aromatic heterocycles. The summed E-state index contributed by atoms with van der Waals surface area (Å²) >= 11 is 6.09. The maximum Gasteiger partial charge on any atom is 0.233 e. The van der Waals surface area contributed by atoms with Gasteiger partial charge in [-0.1, -0.05) is 36.6 Å². The highest BCUT2D eigenvalue weighted by molar-refractivity contribution is 6.32. The molecule has 1 saturated carbocycles. The Morgan fingerprint density at radius 2 is 1.63 bits per heavy atom. The summed E-state index contributed by atoms with van der Waals surface area (Å²) in [6.45, 7) is 0.129. The third kappa shape index (κ3) is 4.33. The second kappa shape index (κ2) is 8.88. The average molecular weight is 427 g/mol. The SMILES string of the molecule is O=C(CCN1C(=O)[C@H]2CCCC[C@@H]2C1=O)Nc1ccc(Oc2ccccc2Cl)cc1. The fraction of sp³-hybridized carbons (Fsp3) is 0.348. The monoisotopic (exact) mass is 426 g/mol. The minimum atomic E-state index is -0.245. The molecule has 1 heterocycles. The number of likely N-dealkylation sites (tertiary alicyclic amines) is 1. The summed E-state index contributed by atoms with van der Waals surface area (Å²) in [5.74, 6) is 0.316. The number of carbonyl (C=O) groups excluding carboxylic acids is 3. The number of halogens is 1. The molecule has 0 bridgehead atoms. The van der Waals surface area contributed by atoms with Crippen molar-refractivity contribution in [1.82, 2.24) is 4.90 Å². The smallest absolute Gasteiger partial charge is 0.233 e. The summed E-state index contributed by atoms with van der Waals surface area (Å²) in [6.07, 6.45) is 3.62. The fourth-order valence-corrected chi connectivity index (χ4v) is 4.32. The van der Waals surface area contributed by atoms with Crippen LogP contribution in [0.1, 0.15) is 32.1 Å². The molecular weight excluding hydrogens is 404 g/mol. The minimum Gasteiger partial charge on any atom is -0.456 e. The van der Waals surface area contributed by atoms with Crippen LogP contribution in [0.2, 0.25) is 5.02 Å². The topological polar surface area (TPSA) is 75.7 Å². The van der Waals surface area contributed by atoms with E-state index in [-0.39, 0.29) is 42.5 Å². The molecule has 0 spiro atoms. The van der Waals surface area contributed by atoms with E-state index in [0.717, 1.165) is 25.7 Å². The van der Waals surface area contributed by atoms with Crippen LogP contribution in [0.5, 0.6) is 11.5 Å². The lowest BCUT2D eigenvalue weighted by Gasteiger charge is -2.19. The van der Waals surface area contributed by atoms with Crippen molar-refractivity contribution in [2.24, 2.45) is 11.8 Å². The normalized spacial score (nSPS) is 20.8. The molecule has 3 amide bonds. The van der Waals surface area contributed by atoms with Gasteiger partial charge in [0.25, 0.3) is 0 Å². The van der Waals surface area contributed by atoms with Gasteiger partial charge in [0.05, 0.1) is 16.9 Å². The fourth-order valence-electron chi connectivity index (χ4n) is 4.15. The highest BCUT2D eigenvalue weighted by atomic mass is 35.5. The number of fused-ring (bicyclic) bond motifs is 1. The lowest BCUT2D eigenvalue weighted by Crippen LogP contribution is -2.34. The van der Waals surface area contributed by atoms with Gasteiger partial charge in [0.2, 0.25) is 17.7 Å². The van der Waals surface area contributed by atoms with Crippen molar-refractivity contribution in [3.63, 3.8) is 0 Å². The van der Waals surface area contributed by atoms with E-state index < -0.39 is 0 Å². The Bertz CT molecular complexity index is 936. The van der Waals surface area contributed by atoms with Crippen molar-refractivity contribution < 1.29 is 19.1 Å². The maximum absolute atomic E-state index is 12.5. The first-order chi connectivity index (χ1) is 14.5. The van der Waals surface area contributed by atoms with Crippen LogP contribution < -0.4 is 10.1 Å². The largest absolute Gasteiger partial charge is 0.456 e. The summed E-state index contributed by atoms with van der Waals surface area (Å²) in [7, 11) is 0. The summed E-state index contributed by atoms with van der Waals surface area (Å²) in [6, 6.07) is 14.1. The van der Waals surface area contributed by atoms with Gasteiger partial charge in [-0.15, -0.1) is 0 Å². The van der Waals surface area contributed by atoms with Gasteiger partial charge in [0.1, 0.15) is 11.5 Å². The molecule has 1 aliphatic heterocycles. The summed E-state index contributed by atoms with van der Waals surface area (Å²) in [5.41, 5.74) is 0.610. The lowest BCUT2D eigenvalue weighted by molar-refractivity contribution is -0.140. The van der Waals surface area contributed by atoms with Crippen LogP contribution in [0.3, 0.4) is 0 Å². The first-order valence-corrected chi connectivity index (χ1v) is 10.6. The average Bonchev–Trinajstić information content (AvgIpc) is 3.00. The number of carbonyl (C=O) groups is 3. The summed E-state index contributed by atoms with van der Waals surface area (Å²) in [4.78, 5) is 38.6. The van der Waals surface area contributed by atoms with Crippen molar-refractivity contribution in [2.45, 2.75) is 32.1 Å². The second-order valence-corrected chi connectivity index (χ2v) is 8.09. The van der Waals surface area contributed by atoms with Gasteiger partial charge in [-0.05, 0) is 49.2 Å². The number of ether oxygens (including phenoxy) is 1. The molecule has 2 atom stereocenters. The quantitative estimate of drug-likeness (QED) is 0.683. The zero-order chi connectivity index (χ0) is 21.1. The van der Waals surface area contributed by atoms with E-state index in [1.54, 1.807) is 36.4 Å². The number of hydrogen-bond acceptors (Lipinski definition) is 4. The van der Waals surface area contributed by atoms with Gasteiger partial charge in [-0.3, -0.25) is 19.3 Å². The van der Waals surface area contributed by atoms with Gasteiger partial charge < -0.3 is 10.1 Å². The molecular formula is C23H23ClN2O4. The molecule has 2 aromatic carbocycles. The van der Waals surface area contributed by atoms with E-state index in [1.807, 2.05) is 12.1 Å². The molecule has 2 fully saturated rings. The number of anilines is 1. The molecule has 2 aliphatic rings. The van der Waals surface area contributed by atoms with Crippen molar-refractivity contribution in [1.29, 1.82) is 0 Å². The first-order valence-electron chi connectivity index (χ1n) is 10.2. The van der Waals surface area contributed by atoms with E-state index >= 15 is 0 Å². The maximum atomic E-state index is 12.5. The molecule has 7 heteroatoms. The van der Waals surface area contributed by atoms with E-state index in [2.05, 4.69) is 5.32 Å². The molecule has 0 radical (unpaired) electrons. The molecule has 0 unspecified atom stereocenters. The number of benzene rings is 2.